The zero-order chi connectivity index (χ0) is 7.28. The van der Waals surface area contributed by atoms with Crippen LogP contribution in [0.2, 0.25) is 0 Å². The molecule has 0 fully saturated rings. The van der Waals surface area contributed by atoms with Crippen molar-refractivity contribution < 1.29 is 4.74 Å². The fourth-order valence-corrected chi connectivity index (χ4v) is 0.487. The van der Waals surface area contributed by atoms with Crippen molar-refractivity contribution in [1.29, 1.82) is 0 Å². The van der Waals surface area contributed by atoms with Crippen LogP contribution < -0.4 is 0 Å². The van der Waals surface area contributed by atoms with E-state index in [0.717, 1.165) is 13.0 Å². The normalized spacial score (nSPS) is 14.3. The van der Waals surface area contributed by atoms with E-state index in [-0.39, 0.29) is 5.56 Å². The largest absolute Gasteiger partial charge is 0.362 e. The number of alkyl halides is 1. The molecular weight excluding hydrogens is 136 g/mol. The van der Waals surface area contributed by atoms with Crippen LogP contribution in [0.5, 0.6) is 0 Å². The van der Waals surface area contributed by atoms with Gasteiger partial charge in [0.25, 0.3) is 0 Å². The molecule has 0 aliphatic heterocycles. The van der Waals surface area contributed by atoms with E-state index in [1.165, 1.54) is 0 Å². The van der Waals surface area contributed by atoms with Crippen molar-refractivity contribution in [3.05, 3.63) is 0 Å². The van der Waals surface area contributed by atoms with Gasteiger partial charge in [-0.15, -0.1) is 0 Å². The van der Waals surface area contributed by atoms with Gasteiger partial charge >= 0.3 is 0 Å². The van der Waals surface area contributed by atoms with Crippen molar-refractivity contribution in [2.24, 2.45) is 5.92 Å². The SMILES string of the molecule is CCC(Cl)OCC(C)C. The second kappa shape index (κ2) is 5.07. The fourth-order valence-electron chi connectivity index (χ4n) is 0.415. The Labute approximate surface area is 62.3 Å². The van der Waals surface area contributed by atoms with Crippen LogP contribution in [0, 0.1) is 5.92 Å². The zero-order valence-electron chi connectivity index (χ0n) is 6.36. The standard InChI is InChI=1S/C7H15ClO/c1-4-7(8)9-5-6(2)3/h6-7H,4-5H2,1-3H3. The molecule has 2 heteroatoms. The summed E-state index contributed by atoms with van der Waals surface area (Å²) in [7, 11) is 0. The topological polar surface area (TPSA) is 9.23 Å². The van der Waals surface area contributed by atoms with E-state index in [0.29, 0.717) is 5.92 Å². The lowest BCUT2D eigenvalue weighted by molar-refractivity contribution is 0.0834. The van der Waals surface area contributed by atoms with Crippen LogP contribution in [0.4, 0.5) is 0 Å². The molecule has 1 atom stereocenters. The van der Waals surface area contributed by atoms with Crippen molar-refractivity contribution in [1.82, 2.24) is 0 Å². The highest BCUT2D eigenvalue weighted by atomic mass is 35.5. The van der Waals surface area contributed by atoms with Gasteiger partial charge in [-0.3, -0.25) is 0 Å². The second-order valence-electron chi connectivity index (χ2n) is 2.55. The number of hydrogen-bond donors (Lipinski definition) is 0. The number of rotatable bonds is 4. The Bertz CT molecular complexity index is 63.9. The van der Waals surface area contributed by atoms with Crippen LogP contribution in [0.3, 0.4) is 0 Å². The van der Waals surface area contributed by atoms with Crippen molar-refractivity contribution in [3.8, 4) is 0 Å². The molecule has 56 valence electrons. The quantitative estimate of drug-likeness (QED) is 0.560. The Balaban J connectivity index is 3.06. The van der Waals surface area contributed by atoms with Crippen LogP contribution in [0.1, 0.15) is 27.2 Å². The van der Waals surface area contributed by atoms with Gasteiger partial charge in [0, 0.05) is 0 Å². The molecule has 0 amide bonds. The summed E-state index contributed by atoms with van der Waals surface area (Å²) in [6, 6.07) is 0. The summed E-state index contributed by atoms with van der Waals surface area (Å²) in [6.45, 7) is 7.00. The molecule has 9 heavy (non-hydrogen) atoms. The Morgan fingerprint density at radius 2 is 2.00 bits per heavy atom. The van der Waals surface area contributed by atoms with Crippen molar-refractivity contribution in [3.63, 3.8) is 0 Å². The van der Waals surface area contributed by atoms with Gasteiger partial charge in [-0.1, -0.05) is 32.4 Å². The molecule has 0 aromatic carbocycles. The Morgan fingerprint density at radius 3 is 2.33 bits per heavy atom. The summed E-state index contributed by atoms with van der Waals surface area (Å²) < 4.78 is 5.22. The van der Waals surface area contributed by atoms with E-state index in [2.05, 4.69) is 13.8 Å². The lowest BCUT2D eigenvalue weighted by Crippen LogP contribution is -2.08. The highest BCUT2D eigenvalue weighted by molar-refractivity contribution is 6.19. The third-order valence-corrected chi connectivity index (χ3v) is 1.37. The van der Waals surface area contributed by atoms with Crippen LogP contribution in [-0.2, 0) is 4.74 Å². The molecule has 0 N–H and O–H groups in total. The maximum atomic E-state index is 5.69. The first kappa shape index (κ1) is 9.25. The number of halogens is 1. The Hall–Kier alpha value is 0.250. The molecule has 0 saturated heterocycles. The van der Waals surface area contributed by atoms with Crippen molar-refractivity contribution in [2.75, 3.05) is 6.61 Å². The summed E-state index contributed by atoms with van der Waals surface area (Å²) in [4.78, 5) is 0. The molecule has 0 heterocycles. The third kappa shape index (κ3) is 6.13. The van der Waals surface area contributed by atoms with Gasteiger partial charge in [0.2, 0.25) is 0 Å². The molecule has 0 aliphatic rings. The summed E-state index contributed by atoms with van der Waals surface area (Å²) in [6.07, 6.45) is 0.883. The summed E-state index contributed by atoms with van der Waals surface area (Å²) in [5.41, 5.74) is -0.0904. The third-order valence-electron chi connectivity index (χ3n) is 0.931. The highest BCUT2D eigenvalue weighted by Gasteiger charge is 2.00. The molecule has 0 aromatic rings. The van der Waals surface area contributed by atoms with Gasteiger partial charge in [0.1, 0.15) is 5.56 Å². The van der Waals surface area contributed by atoms with Crippen molar-refractivity contribution in [2.45, 2.75) is 32.8 Å². The van der Waals surface area contributed by atoms with Gasteiger partial charge < -0.3 is 4.74 Å². The van der Waals surface area contributed by atoms with Crippen LogP contribution in [-0.4, -0.2) is 12.2 Å². The molecule has 0 saturated carbocycles. The van der Waals surface area contributed by atoms with Gasteiger partial charge in [0.15, 0.2) is 0 Å². The van der Waals surface area contributed by atoms with Crippen LogP contribution in [0.25, 0.3) is 0 Å². The first-order valence-electron chi connectivity index (χ1n) is 3.42. The van der Waals surface area contributed by atoms with Gasteiger partial charge in [-0.05, 0) is 12.3 Å². The average Bonchev–Trinajstić information content (AvgIpc) is 1.83. The maximum Gasteiger partial charge on any atom is 0.130 e. The lowest BCUT2D eigenvalue weighted by Gasteiger charge is -2.09. The minimum atomic E-state index is -0.0904. The minimum absolute atomic E-state index is 0.0904. The maximum absolute atomic E-state index is 5.69. The Morgan fingerprint density at radius 1 is 1.44 bits per heavy atom. The predicted octanol–water partition coefficient (Wildman–Crippen LogP) is 2.63. The first-order chi connectivity index (χ1) is 4.16. The van der Waals surface area contributed by atoms with Crippen LogP contribution in [0.15, 0.2) is 0 Å². The fraction of sp³-hybridized carbons (Fsp3) is 1.00. The van der Waals surface area contributed by atoms with E-state index in [1.807, 2.05) is 6.92 Å². The number of hydrogen-bond acceptors (Lipinski definition) is 1. The summed E-state index contributed by atoms with van der Waals surface area (Å²) >= 11 is 5.69. The molecule has 0 aliphatic carbocycles. The van der Waals surface area contributed by atoms with E-state index < -0.39 is 0 Å². The highest BCUT2D eigenvalue weighted by Crippen LogP contribution is 2.04. The minimum Gasteiger partial charge on any atom is -0.362 e. The first-order valence-corrected chi connectivity index (χ1v) is 3.86. The molecular formula is C7H15ClO. The molecule has 0 rings (SSSR count). The van der Waals surface area contributed by atoms with E-state index in [9.17, 15) is 0 Å². The summed E-state index contributed by atoms with van der Waals surface area (Å²) in [5.74, 6) is 0.581. The van der Waals surface area contributed by atoms with E-state index >= 15 is 0 Å². The average molecular weight is 151 g/mol. The monoisotopic (exact) mass is 150 g/mol. The Kier molecular flexibility index (Phi) is 5.21. The molecule has 0 bridgehead atoms. The number of ether oxygens (including phenoxy) is 1. The molecule has 1 unspecified atom stereocenters. The van der Waals surface area contributed by atoms with E-state index in [4.69, 9.17) is 16.3 Å². The molecule has 0 radical (unpaired) electrons. The van der Waals surface area contributed by atoms with E-state index in [1.54, 1.807) is 0 Å². The van der Waals surface area contributed by atoms with Crippen LogP contribution >= 0.6 is 11.6 Å². The molecule has 0 aromatic heterocycles. The smallest absolute Gasteiger partial charge is 0.130 e. The predicted molar refractivity (Wildman–Crippen MR) is 40.7 cm³/mol. The second-order valence-corrected chi connectivity index (χ2v) is 3.03. The molecule has 1 nitrogen and oxygen atoms in total. The van der Waals surface area contributed by atoms with Gasteiger partial charge in [0.05, 0.1) is 6.61 Å². The van der Waals surface area contributed by atoms with Gasteiger partial charge in [-0.2, -0.15) is 0 Å². The zero-order valence-corrected chi connectivity index (χ0v) is 7.11. The van der Waals surface area contributed by atoms with Gasteiger partial charge in [-0.25, -0.2) is 0 Å². The molecule has 0 spiro atoms. The summed E-state index contributed by atoms with van der Waals surface area (Å²) in [5, 5.41) is 0. The lowest BCUT2D eigenvalue weighted by atomic mass is 10.2. The van der Waals surface area contributed by atoms with Crippen molar-refractivity contribution >= 4 is 11.6 Å².